The Balaban J connectivity index is 1.29. The minimum atomic E-state index is -4.38. The number of carbonyl (C=O) groups excluding carboxylic acids is 3. The van der Waals surface area contributed by atoms with Crippen LogP contribution in [-0.4, -0.2) is 70.9 Å². The smallest absolute Gasteiger partial charge is 0.286 e. The van der Waals surface area contributed by atoms with E-state index >= 15 is 0 Å². The molecule has 0 spiro atoms. The quantitative estimate of drug-likeness (QED) is 0.0904. The van der Waals surface area contributed by atoms with Crippen LogP contribution < -0.4 is 10.2 Å². The maximum Gasteiger partial charge on any atom is 0.286 e. The van der Waals surface area contributed by atoms with Crippen molar-refractivity contribution in [1.82, 2.24) is 10.2 Å². The highest BCUT2D eigenvalue weighted by Gasteiger charge is 2.46. The third kappa shape index (κ3) is 7.94. The van der Waals surface area contributed by atoms with Crippen LogP contribution in [0.4, 0.5) is 11.4 Å². The summed E-state index contributed by atoms with van der Waals surface area (Å²) in [5.74, 6) is -0.658. The number of hydrogen-bond acceptors (Lipinski definition) is 6. The molecule has 5 rings (SSSR count). The molecule has 3 aliphatic heterocycles. The zero-order chi connectivity index (χ0) is 37.0. The Morgan fingerprint density at radius 1 is 0.922 bits per heavy atom. The van der Waals surface area contributed by atoms with Gasteiger partial charge < -0.3 is 10.2 Å². The van der Waals surface area contributed by atoms with Gasteiger partial charge in [-0.15, -0.1) is 0 Å². The van der Waals surface area contributed by atoms with Gasteiger partial charge in [-0.05, 0) is 57.2 Å². The molecule has 0 aromatic heterocycles. The summed E-state index contributed by atoms with van der Waals surface area (Å²) in [6.07, 6.45) is 13.0. The second-order valence-electron chi connectivity index (χ2n) is 14.5. The normalized spacial score (nSPS) is 19.1. The van der Waals surface area contributed by atoms with E-state index in [9.17, 15) is 27.4 Å². The molecule has 3 aliphatic rings. The van der Waals surface area contributed by atoms with Crippen molar-refractivity contribution in [2.75, 3.05) is 24.5 Å². The Labute approximate surface area is 302 Å². The number of nitrogens with one attached hydrogen (secondary N) is 1. The molecule has 2 aromatic rings. The standard InChI is InChI=1S/C40H50N4O6S/c1-6-16-38(51(48,49)50)44-32-20-12-10-18-30(32)40(4,5)34(44)22-14-21-33-39(2,3)29-17-9-11-19-31(29)42(33)27-13-7-8-23-35(45)41-26-15-28-43-36(46)24-25-37(43)47/h9-12,14,17-22,24-25,38H,6-8,13,15-16,23,26-28H2,1-5H3,(H-,41,45,48,49,50)/p+1. The molecule has 10 nitrogen and oxygen atoms in total. The Morgan fingerprint density at radius 2 is 1.59 bits per heavy atom. The van der Waals surface area contributed by atoms with Crippen molar-refractivity contribution in [3.8, 4) is 0 Å². The number of unbranched alkanes of at least 4 members (excludes halogenated alkanes) is 2. The summed E-state index contributed by atoms with van der Waals surface area (Å²) in [6.45, 7) is 12.0. The molecule has 2 N–H and O–H groups in total. The molecule has 0 bridgehead atoms. The number of allylic oxidation sites excluding steroid dienone is 4. The van der Waals surface area contributed by atoms with E-state index in [-0.39, 0.29) is 29.7 Å². The van der Waals surface area contributed by atoms with Crippen molar-refractivity contribution < 1.29 is 31.9 Å². The van der Waals surface area contributed by atoms with E-state index in [0.29, 0.717) is 32.2 Å². The van der Waals surface area contributed by atoms with Crippen LogP contribution in [-0.2, 0) is 35.3 Å². The van der Waals surface area contributed by atoms with E-state index in [4.69, 9.17) is 0 Å². The molecular weight excluding hydrogens is 665 g/mol. The minimum Gasteiger partial charge on any atom is -0.356 e. The van der Waals surface area contributed by atoms with Crippen molar-refractivity contribution in [2.45, 2.75) is 95.8 Å². The number of nitrogens with zero attached hydrogens (tertiary/aromatic N) is 3. The summed E-state index contributed by atoms with van der Waals surface area (Å²) in [7, 11) is -4.38. The first kappa shape index (κ1) is 37.9. The van der Waals surface area contributed by atoms with Crippen LogP contribution in [0.5, 0.6) is 0 Å². The number of anilines is 1. The Bertz CT molecular complexity index is 1890. The largest absolute Gasteiger partial charge is 0.356 e. The van der Waals surface area contributed by atoms with Crippen LogP contribution in [0.15, 0.2) is 84.6 Å². The van der Waals surface area contributed by atoms with Gasteiger partial charge >= 0.3 is 0 Å². The molecule has 51 heavy (non-hydrogen) atoms. The maximum absolute atomic E-state index is 12.7. The van der Waals surface area contributed by atoms with Gasteiger partial charge in [0.05, 0.1) is 5.41 Å². The summed E-state index contributed by atoms with van der Waals surface area (Å²) >= 11 is 0. The Morgan fingerprint density at radius 3 is 2.27 bits per heavy atom. The lowest BCUT2D eigenvalue weighted by atomic mass is 9.81. The number of amides is 3. The number of benzene rings is 2. The number of fused-ring (bicyclic) bond motifs is 2. The molecule has 1 atom stereocenters. The van der Waals surface area contributed by atoms with Gasteiger partial charge in [0.25, 0.3) is 21.9 Å². The molecule has 0 aliphatic carbocycles. The van der Waals surface area contributed by atoms with Crippen LogP contribution in [0.25, 0.3) is 0 Å². The molecule has 2 aromatic carbocycles. The van der Waals surface area contributed by atoms with E-state index in [2.05, 4.69) is 61.9 Å². The zero-order valence-corrected chi connectivity index (χ0v) is 31.2. The van der Waals surface area contributed by atoms with Crippen LogP contribution in [0.1, 0.15) is 90.7 Å². The summed E-state index contributed by atoms with van der Waals surface area (Å²) in [5.41, 5.74) is 5.36. The fourth-order valence-corrected chi connectivity index (χ4v) is 8.61. The van der Waals surface area contributed by atoms with Crippen molar-refractivity contribution in [3.63, 3.8) is 0 Å². The topological polar surface area (TPSA) is 127 Å². The van der Waals surface area contributed by atoms with Crippen molar-refractivity contribution in [2.24, 2.45) is 0 Å². The predicted octanol–water partition coefficient (Wildman–Crippen LogP) is 6.31. The third-order valence-corrected chi connectivity index (χ3v) is 11.4. The van der Waals surface area contributed by atoms with Crippen molar-refractivity contribution in [3.05, 3.63) is 95.7 Å². The molecule has 3 heterocycles. The second-order valence-corrected chi connectivity index (χ2v) is 16.1. The van der Waals surface area contributed by atoms with Crippen LogP contribution >= 0.6 is 0 Å². The number of imide groups is 1. The minimum absolute atomic E-state index is 0.0377. The van der Waals surface area contributed by atoms with E-state index < -0.39 is 20.9 Å². The van der Waals surface area contributed by atoms with E-state index in [0.717, 1.165) is 54.2 Å². The number of para-hydroxylation sites is 2. The summed E-state index contributed by atoms with van der Waals surface area (Å²) in [6, 6.07) is 16.2. The van der Waals surface area contributed by atoms with Gasteiger partial charge in [-0.1, -0.05) is 69.7 Å². The fourth-order valence-electron chi connectivity index (χ4n) is 7.59. The van der Waals surface area contributed by atoms with Gasteiger partial charge in [-0.2, -0.15) is 13.0 Å². The first-order chi connectivity index (χ1) is 24.2. The second kappa shape index (κ2) is 15.5. The molecule has 0 radical (unpaired) electrons. The lowest BCUT2D eigenvalue weighted by molar-refractivity contribution is -0.438. The Hall–Kier alpha value is -4.35. The molecule has 1 unspecified atom stereocenters. The van der Waals surface area contributed by atoms with Gasteiger partial charge in [0.15, 0.2) is 11.1 Å². The predicted molar refractivity (Wildman–Crippen MR) is 201 cm³/mol. The average Bonchev–Trinajstić information content (AvgIpc) is 3.60. The SMILES string of the molecule is CCCC(N1/C(=C/C=C/C2=[N+](CCCCCC(=O)NCCCN3C(=O)C=CC3=O)c3ccccc3C2(C)C)C(C)(C)c2ccccc21)S(=O)(=O)O. The lowest BCUT2D eigenvalue weighted by Crippen LogP contribution is -2.41. The van der Waals surface area contributed by atoms with E-state index in [1.165, 1.54) is 22.6 Å². The monoisotopic (exact) mass is 715 g/mol. The highest BCUT2D eigenvalue weighted by atomic mass is 32.2. The number of rotatable bonds is 16. The molecule has 0 saturated carbocycles. The first-order valence-electron chi connectivity index (χ1n) is 18.0. The molecule has 0 fully saturated rings. The number of hydrogen-bond donors (Lipinski definition) is 2. The van der Waals surface area contributed by atoms with Gasteiger partial charge in [0, 0.05) is 72.6 Å². The van der Waals surface area contributed by atoms with Gasteiger partial charge in [-0.25, -0.2) is 0 Å². The highest BCUT2D eigenvalue weighted by molar-refractivity contribution is 7.86. The van der Waals surface area contributed by atoms with Crippen LogP contribution in [0.3, 0.4) is 0 Å². The molecular formula is C40H51N4O6S+. The summed E-state index contributed by atoms with van der Waals surface area (Å²) in [5, 5.41) is 1.80. The fraction of sp³-hybridized carbons (Fsp3) is 0.450. The molecule has 3 amide bonds. The van der Waals surface area contributed by atoms with E-state index in [1.54, 1.807) is 4.90 Å². The van der Waals surface area contributed by atoms with E-state index in [1.807, 2.05) is 49.4 Å². The van der Waals surface area contributed by atoms with Gasteiger partial charge in [0.1, 0.15) is 6.54 Å². The first-order valence-corrected chi connectivity index (χ1v) is 19.5. The maximum atomic E-state index is 12.7. The third-order valence-electron chi connectivity index (χ3n) is 10.3. The lowest BCUT2D eigenvalue weighted by Gasteiger charge is -2.32. The zero-order valence-electron chi connectivity index (χ0n) is 30.4. The van der Waals surface area contributed by atoms with Gasteiger partial charge in [0.2, 0.25) is 11.6 Å². The highest BCUT2D eigenvalue weighted by Crippen LogP contribution is 2.49. The molecule has 272 valence electrons. The summed E-state index contributed by atoms with van der Waals surface area (Å²) in [4.78, 5) is 38.8. The van der Waals surface area contributed by atoms with Crippen molar-refractivity contribution >= 4 is 44.9 Å². The van der Waals surface area contributed by atoms with Crippen LogP contribution in [0.2, 0.25) is 0 Å². The molecule has 0 saturated heterocycles. The Kier molecular flexibility index (Phi) is 11.5. The van der Waals surface area contributed by atoms with Crippen molar-refractivity contribution in [1.29, 1.82) is 0 Å². The summed E-state index contributed by atoms with van der Waals surface area (Å²) < 4.78 is 38.2. The molecule has 11 heteroatoms. The van der Waals surface area contributed by atoms with Gasteiger partial charge in [-0.3, -0.25) is 23.8 Å². The van der Waals surface area contributed by atoms with Crippen LogP contribution in [0, 0.1) is 0 Å². The number of carbonyl (C=O) groups is 3. The average molecular weight is 716 g/mol.